The molecule has 2 aromatic rings. The summed E-state index contributed by atoms with van der Waals surface area (Å²) in [4.78, 5) is 0. The molecule has 33 heavy (non-hydrogen) atoms. The van der Waals surface area contributed by atoms with E-state index in [4.69, 9.17) is 25.8 Å². The second-order valence-corrected chi connectivity index (χ2v) is 9.46. The smallest absolute Gasteiger partial charge is 0.119 e. The standard InChI is InChI=1S/C25H31ClO7/c1-2-25(12-31-13-25)14-32-18-6-3-15(4-7-18)9-17-10-16(5-8-19(17)26)24-23(30)22(29)21(28)20(11-27)33-24/h3-8,10,20-24,27-30H,2,9,11-14H2,1H3. The van der Waals surface area contributed by atoms with Gasteiger partial charge < -0.3 is 34.6 Å². The minimum Gasteiger partial charge on any atom is -0.493 e. The molecule has 4 rings (SSSR count). The Kier molecular flexibility index (Phi) is 7.60. The van der Waals surface area contributed by atoms with Gasteiger partial charge in [-0.05, 0) is 47.7 Å². The number of hydrogen-bond acceptors (Lipinski definition) is 7. The van der Waals surface area contributed by atoms with Crippen molar-refractivity contribution in [2.24, 2.45) is 5.41 Å². The minimum absolute atomic E-state index is 0.122. The van der Waals surface area contributed by atoms with E-state index < -0.39 is 37.1 Å². The molecule has 7 nitrogen and oxygen atoms in total. The van der Waals surface area contributed by atoms with Crippen LogP contribution in [0.25, 0.3) is 0 Å². The van der Waals surface area contributed by atoms with Crippen molar-refractivity contribution in [2.75, 3.05) is 26.4 Å². The molecule has 0 radical (unpaired) electrons. The third-order valence-corrected chi connectivity index (χ3v) is 7.09. The minimum atomic E-state index is -1.43. The molecule has 4 N–H and O–H groups in total. The number of benzene rings is 2. The number of aliphatic hydroxyl groups excluding tert-OH is 4. The van der Waals surface area contributed by atoms with Crippen molar-refractivity contribution in [2.45, 2.75) is 50.3 Å². The van der Waals surface area contributed by atoms with Gasteiger partial charge in [-0.2, -0.15) is 0 Å². The number of ether oxygens (including phenoxy) is 3. The Balaban J connectivity index is 1.45. The third-order valence-electron chi connectivity index (χ3n) is 6.72. The molecule has 0 aliphatic carbocycles. The van der Waals surface area contributed by atoms with Gasteiger partial charge in [-0.1, -0.05) is 42.8 Å². The molecule has 2 aliphatic heterocycles. The summed E-state index contributed by atoms with van der Waals surface area (Å²) in [5.74, 6) is 0.805. The van der Waals surface area contributed by atoms with Gasteiger partial charge in [0.05, 0.1) is 31.8 Å². The molecule has 0 bridgehead atoms. The highest BCUT2D eigenvalue weighted by Gasteiger charge is 2.44. The van der Waals surface area contributed by atoms with Crippen LogP contribution < -0.4 is 4.74 Å². The van der Waals surface area contributed by atoms with E-state index in [1.54, 1.807) is 12.1 Å². The maximum Gasteiger partial charge on any atom is 0.119 e. The van der Waals surface area contributed by atoms with Crippen molar-refractivity contribution in [3.05, 3.63) is 64.2 Å². The highest BCUT2D eigenvalue weighted by Crippen LogP contribution is 2.35. The Morgan fingerprint density at radius 2 is 1.76 bits per heavy atom. The Morgan fingerprint density at radius 1 is 1.03 bits per heavy atom. The quantitative estimate of drug-likeness (QED) is 0.461. The molecule has 2 heterocycles. The van der Waals surface area contributed by atoms with E-state index in [0.717, 1.165) is 36.5 Å². The lowest BCUT2D eigenvalue weighted by atomic mass is 9.84. The van der Waals surface area contributed by atoms with Crippen LogP contribution in [0.2, 0.25) is 5.02 Å². The Bertz CT molecular complexity index is 923. The first kappa shape index (κ1) is 24.4. The number of rotatable bonds is 8. The van der Waals surface area contributed by atoms with Crippen LogP contribution in [-0.2, 0) is 15.9 Å². The molecule has 2 aliphatic rings. The van der Waals surface area contributed by atoms with E-state index in [9.17, 15) is 20.4 Å². The predicted molar refractivity (Wildman–Crippen MR) is 122 cm³/mol. The Morgan fingerprint density at radius 3 is 2.36 bits per heavy atom. The lowest BCUT2D eigenvalue weighted by molar-refractivity contribution is -0.231. The maximum atomic E-state index is 10.4. The van der Waals surface area contributed by atoms with E-state index >= 15 is 0 Å². The summed E-state index contributed by atoms with van der Waals surface area (Å²) in [6.07, 6.45) is -4.43. The van der Waals surface area contributed by atoms with Crippen molar-refractivity contribution < 1.29 is 34.6 Å². The summed E-state index contributed by atoms with van der Waals surface area (Å²) in [5, 5.41) is 40.6. The molecule has 8 heteroatoms. The van der Waals surface area contributed by atoms with Gasteiger partial charge >= 0.3 is 0 Å². The van der Waals surface area contributed by atoms with E-state index in [0.29, 0.717) is 23.6 Å². The van der Waals surface area contributed by atoms with Gasteiger partial charge in [0.25, 0.3) is 0 Å². The van der Waals surface area contributed by atoms with Crippen LogP contribution in [-0.4, -0.2) is 71.3 Å². The van der Waals surface area contributed by atoms with Crippen molar-refractivity contribution in [1.82, 2.24) is 0 Å². The summed E-state index contributed by atoms with van der Waals surface area (Å²) in [6.45, 7) is 3.80. The second kappa shape index (κ2) is 10.3. The first-order chi connectivity index (χ1) is 15.9. The molecular weight excluding hydrogens is 448 g/mol. The summed E-state index contributed by atoms with van der Waals surface area (Å²) in [5.41, 5.74) is 2.60. The number of hydrogen-bond donors (Lipinski definition) is 4. The number of halogens is 1. The van der Waals surface area contributed by atoms with Crippen LogP contribution in [0.3, 0.4) is 0 Å². The lowest BCUT2D eigenvalue weighted by Gasteiger charge is -2.40. The molecular formula is C25H31ClO7. The Hall–Kier alpha value is -1.71. The normalized spacial score (nSPS) is 28.8. The van der Waals surface area contributed by atoms with E-state index in [1.165, 1.54) is 0 Å². The zero-order chi connectivity index (χ0) is 23.6. The average Bonchev–Trinajstić information content (AvgIpc) is 2.80. The van der Waals surface area contributed by atoms with Gasteiger partial charge in [0.15, 0.2) is 0 Å². The third kappa shape index (κ3) is 5.20. The second-order valence-electron chi connectivity index (χ2n) is 9.06. The molecule has 2 fully saturated rings. The Labute approximate surface area is 198 Å². The molecule has 5 unspecified atom stereocenters. The summed E-state index contributed by atoms with van der Waals surface area (Å²) in [6, 6.07) is 13.1. The molecule has 2 saturated heterocycles. The highest BCUT2D eigenvalue weighted by molar-refractivity contribution is 6.31. The van der Waals surface area contributed by atoms with Crippen LogP contribution in [0.5, 0.6) is 5.75 Å². The molecule has 2 aromatic carbocycles. The fraction of sp³-hybridized carbons (Fsp3) is 0.520. The first-order valence-electron chi connectivity index (χ1n) is 11.2. The van der Waals surface area contributed by atoms with Gasteiger partial charge in [-0.25, -0.2) is 0 Å². The van der Waals surface area contributed by atoms with Crippen LogP contribution in [0.4, 0.5) is 0 Å². The fourth-order valence-corrected chi connectivity index (χ4v) is 4.41. The molecule has 0 saturated carbocycles. The molecule has 180 valence electrons. The first-order valence-corrected chi connectivity index (χ1v) is 11.6. The average molecular weight is 479 g/mol. The molecule has 0 amide bonds. The van der Waals surface area contributed by atoms with Crippen molar-refractivity contribution >= 4 is 11.6 Å². The van der Waals surface area contributed by atoms with Crippen LogP contribution in [0.1, 0.15) is 36.1 Å². The van der Waals surface area contributed by atoms with Gasteiger partial charge in [0, 0.05) is 5.02 Å². The monoisotopic (exact) mass is 478 g/mol. The van der Waals surface area contributed by atoms with Crippen LogP contribution in [0, 0.1) is 5.41 Å². The van der Waals surface area contributed by atoms with Gasteiger partial charge in [0.1, 0.15) is 36.3 Å². The van der Waals surface area contributed by atoms with Gasteiger partial charge in [-0.3, -0.25) is 0 Å². The zero-order valence-electron chi connectivity index (χ0n) is 18.6. The molecule has 0 spiro atoms. The highest BCUT2D eigenvalue weighted by atomic mass is 35.5. The van der Waals surface area contributed by atoms with Gasteiger partial charge in [-0.15, -0.1) is 0 Å². The largest absolute Gasteiger partial charge is 0.493 e. The van der Waals surface area contributed by atoms with Crippen molar-refractivity contribution in [3.8, 4) is 5.75 Å². The lowest BCUT2D eigenvalue weighted by Crippen LogP contribution is -2.55. The maximum absolute atomic E-state index is 10.4. The molecule has 5 atom stereocenters. The van der Waals surface area contributed by atoms with Crippen molar-refractivity contribution in [3.63, 3.8) is 0 Å². The predicted octanol–water partition coefficient (Wildman–Crippen LogP) is 2.25. The van der Waals surface area contributed by atoms with Crippen molar-refractivity contribution in [1.29, 1.82) is 0 Å². The van der Waals surface area contributed by atoms with Gasteiger partial charge in [0.2, 0.25) is 0 Å². The zero-order valence-corrected chi connectivity index (χ0v) is 19.3. The summed E-state index contributed by atoms with van der Waals surface area (Å²) in [7, 11) is 0. The topological polar surface area (TPSA) is 109 Å². The fourth-order valence-electron chi connectivity index (χ4n) is 4.22. The van der Waals surface area contributed by atoms with E-state index in [2.05, 4.69) is 6.92 Å². The van der Waals surface area contributed by atoms with Crippen LogP contribution in [0.15, 0.2) is 42.5 Å². The SMILES string of the molecule is CCC1(COc2ccc(Cc3cc(C4OC(CO)C(O)C(O)C4O)ccc3Cl)cc2)COC1. The summed E-state index contributed by atoms with van der Waals surface area (Å²) >= 11 is 6.43. The summed E-state index contributed by atoms with van der Waals surface area (Å²) < 4.78 is 17.0. The van der Waals surface area contributed by atoms with Crippen LogP contribution >= 0.6 is 11.6 Å². The number of aliphatic hydroxyl groups is 4. The van der Waals surface area contributed by atoms with E-state index in [1.807, 2.05) is 30.3 Å². The molecule has 0 aromatic heterocycles. The van der Waals surface area contributed by atoms with E-state index in [-0.39, 0.29) is 5.41 Å².